The van der Waals surface area contributed by atoms with E-state index in [2.05, 4.69) is 15.8 Å². The molecule has 0 atom stereocenters. The highest BCUT2D eigenvalue weighted by Gasteiger charge is 2.15. The van der Waals surface area contributed by atoms with E-state index in [0.29, 0.717) is 33.7 Å². The van der Waals surface area contributed by atoms with Crippen molar-refractivity contribution in [3.05, 3.63) is 87.7 Å². The predicted octanol–water partition coefficient (Wildman–Crippen LogP) is 5.20. The Kier molecular flexibility index (Phi) is 8.84. The topological polar surface area (TPSA) is 89.0 Å². The summed E-state index contributed by atoms with van der Waals surface area (Å²) >= 11 is 12.1. The lowest BCUT2D eigenvalue weighted by molar-refractivity contribution is -0.136. The number of carbonyl (C=O) groups is 2. The van der Waals surface area contributed by atoms with Gasteiger partial charge in [-0.2, -0.15) is 5.10 Å². The van der Waals surface area contributed by atoms with E-state index in [4.69, 9.17) is 32.7 Å². The average molecular weight is 504 g/mol. The van der Waals surface area contributed by atoms with Crippen molar-refractivity contribution in [3.8, 4) is 11.5 Å². The van der Waals surface area contributed by atoms with Gasteiger partial charge in [-0.1, -0.05) is 41.4 Å². The van der Waals surface area contributed by atoms with Crippen LogP contribution in [0.15, 0.2) is 65.8 Å². The number of benzene rings is 3. The summed E-state index contributed by atoms with van der Waals surface area (Å²) in [4.78, 5) is 23.8. The molecule has 3 aromatic carbocycles. The number of hydrazone groups is 1. The molecule has 0 saturated heterocycles. The van der Waals surface area contributed by atoms with Crippen molar-refractivity contribution in [1.82, 2.24) is 5.43 Å². The molecule has 0 aliphatic rings. The van der Waals surface area contributed by atoms with Crippen LogP contribution >= 0.6 is 23.2 Å². The van der Waals surface area contributed by atoms with Gasteiger partial charge in [0, 0.05) is 15.6 Å². The van der Waals surface area contributed by atoms with Crippen LogP contribution in [-0.2, 0) is 16.2 Å². The Hall–Kier alpha value is -3.62. The minimum atomic E-state index is -1.05. The lowest BCUT2D eigenvalue weighted by Crippen LogP contribution is -2.32. The van der Waals surface area contributed by atoms with Crippen molar-refractivity contribution in [2.45, 2.75) is 13.5 Å². The maximum absolute atomic E-state index is 13.6. The number of anilines is 1. The normalized spacial score (nSPS) is 10.7. The first-order chi connectivity index (χ1) is 16.4. The summed E-state index contributed by atoms with van der Waals surface area (Å²) in [6.07, 6.45) is 1.33. The van der Waals surface area contributed by atoms with Crippen molar-refractivity contribution < 1.29 is 23.5 Å². The molecule has 0 aliphatic heterocycles. The molecule has 34 heavy (non-hydrogen) atoms. The molecule has 0 spiro atoms. The highest BCUT2D eigenvalue weighted by molar-refractivity contribution is 6.39. The van der Waals surface area contributed by atoms with E-state index in [1.165, 1.54) is 30.5 Å². The van der Waals surface area contributed by atoms with Gasteiger partial charge in [0.05, 0.1) is 18.5 Å². The lowest BCUT2D eigenvalue weighted by atomic mass is 10.2. The van der Waals surface area contributed by atoms with Crippen LogP contribution in [0.1, 0.15) is 18.1 Å². The number of nitrogens with zero attached hydrogens (tertiary/aromatic N) is 1. The third-order valence-corrected chi connectivity index (χ3v) is 4.96. The average Bonchev–Trinajstić information content (AvgIpc) is 2.81. The van der Waals surface area contributed by atoms with Gasteiger partial charge >= 0.3 is 11.8 Å². The number of hydrogen-bond donors (Lipinski definition) is 2. The Balaban J connectivity index is 1.61. The fourth-order valence-electron chi connectivity index (χ4n) is 2.74. The summed E-state index contributed by atoms with van der Waals surface area (Å²) in [5, 5.41) is 6.96. The molecule has 3 rings (SSSR count). The van der Waals surface area contributed by atoms with Crippen molar-refractivity contribution >= 4 is 46.9 Å². The summed E-state index contributed by atoms with van der Waals surface area (Å²) in [6.45, 7) is 2.43. The molecular formula is C24H20Cl2FN3O4. The molecule has 0 aliphatic carbocycles. The minimum absolute atomic E-state index is 0.108. The second-order valence-electron chi connectivity index (χ2n) is 6.80. The smallest absolute Gasteiger partial charge is 0.329 e. The molecule has 3 aromatic rings. The number of rotatable bonds is 8. The molecular weight excluding hydrogens is 484 g/mol. The molecule has 176 valence electrons. The molecule has 10 heteroatoms. The van der Waals surface area contributed by atoms with Crippen LogP contribution in [0.4, 0.5) is 10.1 Å². The van der Waals surface area contributed by atoms with Crippen LogP contribution in [0.3, 0.4) is 0 Å². The van der Waals surface area contributed by atoms with Gasteiger partial charge in [-0.25, -0.2) is 9.82 Å². The number of para-hydroxylation sites is 1. The summed E-state index contributed by atoms with van der Waals surface area (Å²) in [5.41, 5.74) is 3.32. The third-order valence-electron chi connectivity index (χ3n) is 4.37. The third kappa shape index (κ3) is 6.94. The second-order valence-corrected chi connectivity index (χ2v) is 7.64. The van der Waals surface area contributed by atoms with E-state index in [-0.39, 0.29) is 12.3 Å². The fraction of sp³-hybridized carbons (Fsp3) is 0.125. The number of amides is 2. The van der Waals surface area contributed by atoms with Crippen LogP contribution in [-0.4, -0.2) is 24.6 Å². The Morgan fingerprint density at radius 2 is 1.79 bits per heavy atom. The van der Waals surface area contributed by atoms with E-state index in [0.717, 1.165) is 5.56 Å². The first-order valence-corrected chi connectivity index (χ1v) is 10.9. The molecule has 0 saturated carbocycles. The zero-order valence-corrected chi connectivity index (χ0v) is 19.5. The highest BCUT2D eigenvalue weighted by Crippen LogP contribution is 2.30. The van der Waals surface area contributed by atoms with E-state index < -0.39 is 17.6 Å². The SMILES string of the molecule is CCOc1cc(/C=N/NC(=O)C(=O)Nc2ccccc2F)ccc1OCc1ccc(Cl)cc1Cl. The van der Waals surface area contributed by atoms with E-state index in [1.807, 2.05) is 6.92 Å². The summed E-state index contributed by atoms with van der Waals surface area (Å²) in [5.74, 6) is -1.82. The van der Waals surface area contributed by atoms with Gasteiger partial charge in [-0.15, -0.1) is 0 Å². The first-order valence-electron chi connectivity index (χ1n) is 10.1. The van der Waals surface area contributed by atoms with Gasteiger partial charge in [0.1, 0.15) is 12.4 Å². The van der Waals surface area contributed by atoms with Crippen molar-refractivity contribution in [2.75, 3.05) is 11.9 Å². The number of nitrogens with one attached hydrogen (secondary N) is 2. The van der Waals surface area contributed by atoms with E-state index >= 15 is 0 Å². The molecule has 0 bridgehead atoms. The van der Waals surface area contributed by atoms with E-state index in [9.17, 15) is 14.0 Å². The largest absolute Gasteiger partial charge is 0.490 e. The molecule has 0 heterocycles. The van der Waals surface area contributed by atoms with Crippen LogP contribution < -0.4 is 20.2 Å². The first kappa shape index (κ1) is 25.0. The summed E-state index contributed by atoms with van der Waals surface area (Å²) in [6, 6.07) is 15.7. The van der Waals surface area contributed by atoms with E-state index in [1.54, 1.807) is 36.4 Å². The molecule has 0 radical (unpaired) electrons. The standard InChI is InChI=1S/C24H20Cl2FN3O4/c1-2-33-22-11-15(7-10-21(22)34-14-16-8-9-17(25)12-18(16)26)13-28-30-24(32)23(31)29-20-6-4-3-5-19(20)27/h3-13H,2,14H2,1H3,(H,29,31)(H,30,32)/b28-13+. The zero-order chi connectivity index (χ0) is 24.5. The Morgan fingerprint density at radius 3 is 2.53 bits per heavy atom. The van der Waals surface area contributed by atoms with Crippen molar-refractivity contribution in [2.24, 2.45) is 5.10 Å². The molecule has 0 aromatic heterocycles. The Bertz CT molecular complexity index is 1220. The van der Waals surface area contributed by atoms with Crippen LogP contribution in [0.2, 0.25) is 10.0 Å². The maximum atomic E-state index is 13.6. The Morgan fingerprint density at radius 1 is 1.00 bits per heavy atom. The zero-order valence-electron chi connectivity index (χ0n) is 18.0. The van der Waals surface area contributed by atoms with Crippen LogP contribution in [0, 0.1) is 5.82 Å². The van der Waals surface area contributed by atoms with Gasteiger partial charge < -0.3 is 14.8 Å². The lowest BCUT2D eigenvalue weighted by Gasteiger charge is -2.13. The number of hydrogen-bond acceptors (Lipinski definition) is 5. The van der Waals surface area contributed by atoms with Crippen molar-refractivity contribution in [3.63, 3.8) is 0 Å². The van der Waals surface area contributed by atoms with Gasteiger partial charge in [0.2, 0.25) is 0 Å². The summed E-state index contributed by atoms with van der Waals surface area (Å²) in [7, 11) is 0. The van der Waals surface area contributed by atoms with Crippen molar-refractivity contribution in [1.29, 1.82) is 0 Å². The Labute approximate surface area is 205 Å². The minimum Gasteiger partial charge on any atom is -0.490 e. The summed E-state index contributed by atoms with van der Waals surface area (Å²) < 4.78 is 25.1. The maximum Gasteiger partial charge on any atom is 0.329 e. The highest BCUT2D eigenvalue weighted by atomic mass is 35.5. The number of ether oxygens (including phenoxy) is 2. The van der Waals surface area contributed by atoms with Gasteiger partial charge in [-0.3, -0.25) is 9.59 Å². The molecule has 2 N–H and O–H groups in total. The monoisotopic (exact) mass is 503 g/mol. The predicted molar refractivity (Wildman–Crippen MR) is 129 cm³/mol. The van der Waals surface area contributed by atoms with Gasteiger partial charge in [0.25, 0.3) is 0 Å². The molecule has 0 fully saturated rings. The fourth-order valence-corrected chi connectivity index (χ4v) is 3.21. The molecule has 2 amide bonds. The quantitative estimate of drug-likeness (QED) is 0.251. The van der Waals surface area contributed by atoms with Crippen LogP contribution in [0.5, 0.6) is 11.5 Å². The van der Waals surface area contributed by atoms with Crippen LogP contribution in [0.25, 0.3) is 0 Å². The van der Waals surface area contributed by atoms with Gasteiger partial charge in [0.15, 0.2) is 11.5 Å². The van der Waals surface area contributed by atoms with Gasteiger partial charge in [-0.05, 0) is 55.0 Å². The number of halogens is 3. The number of carbonyl (C=O) groups excluding carboxylic acids is 2. The molecule has 7 nitrogen and oxygen atoms in total. The molecule has 0 unspecified atom stereocenters. The second kappa shape index (κ2) is 12.0.